The molecule has 0 unspecified atom stereocenters. The molecule has 1 heteroatoms. The summed E-state index contributed by atoms with van der Waals surface area (Å²) in [5, 5.41) is 5.28. The molecule has 1 nitrogen and oxygen atoms in total. The smallest absolute Gasteiger partial charge is 0.138 e. The van der Waals surface area contributed by atoms with E-state index in [0.717, 1.165) is 25.0 Å². The van der Waals surface area contributed by atoms with Crippen LogP contribution in [-0.4, -0.2) is 0 Å². The van der Waals surface area contributed by atoms with E-state index >= 15 is 0 Å². The molecule has 5 rings (SSSR count). The van der Waals surface area contributed by atoms with E-state index in [4.69, 9.17) is 4.74 Å². The first kappa shape index (κ1) is 12.0. The maximum Gasteiger partial charge on any atom is 0.138 e. The van der Waals surface area contributed by atoms with Crippen LogP contribution in [0.3, 0.4) is 0 Å². The molecule has 1 aliphatic heterocycles. The van der Waals surface area contributed by atoms with Gasteiger partial charge >= 0.3 is 0 Å². The quantitative estimate of drug-likeness (QED) is 0.412. The molecular formula is C21H16O. The molecule has 0 N–H and O–H groups in total. The lowest BCUT2D eigenvalue weighted by Gasteiger charge is -2.24. The standard InChI is InChI=1S/C21H16O/c1-2-7-15-14(6-1)11-12-19-20(15)17-9-4-3-8-16(17)18-10-5-13-22-21(18)19/h1-7,11-13H,8-10H2. The average Bonchev–Trinajstić information content (AvgIpc) is 2.61. The third-order valence-electron chi connectivity index (χ3n) is 4.89. The molecule has 1 heterocycles. The van der Waals surface area contributed by atoms with Gasteiger partial charge < -0.3 is 4.74 Å². The lowest BCUT2D eigenvalue weighted by molar-refractivity contribution is 0.469. The van der Waals surface area contributed by atoms with Gasteiger partial charge in [-0.2, -0.15) is 0 Å². The Morgan fingerprint density at radius 1 is 0.682 bits per heavy atom. The highest BCUT2D eigenvalue weighted by molar-refractivity contribution is 6.12. The van der Waals surface area contributed by atoms with Crippen molar-refractivity contribution >= 4 is 21.5 Å². The fourth-order valence-corrected chi connectivity index (χ4v) is 3.93. The summed E-state index contributed by atoms with van der Waals surface area (Å²) in [4.78, 5) is 0. The predicted molar refractivity (Wildman–Crippen MR) is 91.5 cm³/mol. The largest absolute Gasteiger partial charge is 0.464 e. The zero-order valence-corrected chi connectivity index (χ0v) is 12.3. The second kappa shape index (κ2) is 4.48. The molecular weight excluding hydrogens is 268 g/mol. The molecule has 0 saturated heterocycles. The minimum Gasteiger partial charge on any atom is -0.464 e. The van der Waals surface area contributed by atoms with Gasteiger partial charge in [0.25, 0.3) is 0 Å². The van der Waals surface area contributed by atoms with Crippen molar-refractivity contribution in [3.8, 4) is 5.75 Å². The zero-order chi connectivity index (χ0) is 14.5. The van der Waals surface area contributed by atoms with E-state index < -0.39 is 0 Å². The van der Waals surface area contributed by atoms with Gasteiger partial charge in [-0.25, -0.2) is 0 Å². The molecule has 106 valence electrons. The number of ether oxygens (including phenoxy) is 1. The second-order valence-corrected chi connectivity index (χ2v) is 6.05. The van der Waals surface area contributed by atoms with E-state index in [1.54, 1.807) is 0 Å². The highest BCUT2D eigenvalue weighted by Gasteiger charge is 2.22. The van der Waals surface area contributed by atoms with Gasteiger partial charge in [0, 0.05) is 10.9 Å². The Balaban J connectivity index is 2.03. The summed E-state index contributed by atoms with van der Waals surface area (Å²) in [6.07, 6.45) is 11.6. The Morgan fingerprint density at radius 2 is 1.50 bits per heavy atom. The van der Waals surface area contributed by atoms with Crippen LogP contribution in [0.2, 0.25) is 0 Å². The number of hydrogen-bond acceptors (Lipinski definition) is 1. The van der Waals surface area contributed by atoms with Crippen molar-refractivity contribution in [2.75, 3.05) is 0 Å². The Hall–Kier alpha value is -2.54. The van der Waals surface area contributed by atoms with E-state index in [1.807, 2.05) is 6.26 Å². The first-order valence-electron chi connectivity index (χ1n) is 7.88. The maximum absolute atomic E-state index is 5.95. The van der Waals surface area contributed by atoms with Gasteiger partial charge in [0.15, 0.2) is 0 Å². The molecule has 0 amide bonds. The van der Waals surface area contributed by atoms with Crippen LogP contribution in [0.4, 0.5) is 0 Å². The molecule has 3 aromatic carbocycles. The minimum absolute atomic E-state index is 0.980. The van der Waals surface area contributed by atoms with Crippen LogP contribution in [0.25, 0.3) is 21.5 Å². The van der Waals surface area contributed by atoms with E-state index in [2.05, 4.69) is 54.6 Å². The topological polar surface area (TPSA) is 9.23 Å². The highest BCUT2D eigenvalue weighted by atomic mass is 16.5. The van der Waals surface area contributed by atoms with Crippen LogP contribution in [0.15, 0.2) is 60.9 Å². The SMILES string of the molecule is C1=COc2c(c3c(c4c2ccc2ccccc24)CC=CC3)C1. The average molecular weight is 284 g/mol. The van der Waals surface area contributed by atoms with Gasteiger partial charge in [-0.3, -0.25) is 0 Å². The van der Waals surface area contributed by atoms with E-state index in [9.17, 15) is 0 Å². The summed E-state index contributed by atoms with van der Waals surface area (Å²) in [6.45, 7) is 0. The zero-order valence-electron chi connectivity index (χ0n) is 12.3. The molecule has 22 heavy (non-hydrogen) atoms. The van der Waals surface area contributed by atoms with Crippen molar-refractivity contribution in [3.05, 3.63) is 77.6 Å². The van der Waals surface area contributed by atoms with Crippen molar-refractivity contribution in [3.63, 3.8) is 0 Å². The Morgan fingerprint density at radius 3 is 2.45 bits per heavy atom. The van der Waals surface area contributed by atoms with E-state index in [0.29, 0.717) is 0 Å². The highest BCUT2D eigenvalue weighted by Crippen LogP contribution is 2.43. The normalized spacial score (nSPS) is 15.6. The lowest BCUT2D eigenvalue weighted by atomic mass is 9.83. The number of rotatable bonds is 0. The fourth-order valence-electron chi connectivity index (χ4n) is 3.93. The monoisotopic (exact) mass is 284 g/mol. The van der Waals surface area contributed by atoms with Crippen LogP contribution in [-0.2, 0) is 19.3 Å². The van der Waals surface area contributed by atoms with Crippen molar-refractivity contribution in [2.45, 2.75) is 19.3 Å². The molecule has 1 aliphatic carbocycles. The van der Waals surface area contributed by atoms with E-state index in [1.165, 1.54) is 38.2 Å². The van der Waals surface area contributed by atoms with E-state index in [-0.39, 0.29) is 0 Å². The van der Waals surface area contributed by atoms with Gasteiger partial charge in [-0.15, -0.1) is 0 Å². The number of hydrogen-bond donors (Lipinski definition) is 0. The molecule has 0 bridgehead atoms. The van der Waals surface area contributed by atoms with Crippen LogP contribution < -0.4 is 4.74 Å². The summed E-state index contributed by atoms with van der Waals surface area (Å²) in [5.41, 5.74) is 4.35. The van der Waals surface area contributed by atoms with Crippen molar-refractivity contribution in [2.24, 2.45) is 0 Å². The summed E-state index contributed by atoms with van der Waals surface area (Å²) >= 11 is 0. The third-order valence-corrected chi connectivity index (χ3v) is 4.89. The van der Waals surface area contributed by atoms with Crippen LogP contribution in [0.1, 0.15) is 16.7 Å². The van der Waals surface area contributed by atoms with Crippen molar-refractivity contribution in [1.29, 1.82) is 0 Å². The first-order chi connectivity index (χ1) is 10.9. The summed E-state index contributed by atoms with van der Waals surface area (Å²) < 4.78 is 5.95. The fraction of sp³-hybridized carbons (Fsp3) is 0.143. The molecule has 0 saturated carbocycles. The Kier molecular flexibility index (Phi) is 2.45. The van der Waals surface area contributed by atoms with Gasteiger partial charge in [-0.05, 0) is 58.7 Å². The van der Waals surface area contributed by atoms with Gasteiger partial charge in [0.2, 0.25) is 0 Å². The Bertz CT molecular complexity index is 976. The number of fused-ring (bicyclic) bond motifs is 8. The van der Waals surface area contributed by atoms with Gasteiger partial charge in [0.05, 0.1) is 6.26 Å². The van der Waals surface area contributed by atoms with Gasteiger partial charge in [0.1, 0.15) is 5.75 Å². The summed E-state index contributed by atoms with van der Waals surface area (Å²) in [5.74, 6) is 1.07. The maximum atomic E-state index is 5.95. The molecule has 0 fully saturated rings. The molecule has 0 radical (unpaired) electrons. The summed E-state index contributed by atoms with van der Waals surface area (Å²) in [6, 6.07) is 13.1. The third kappa shape index (κ3) is 1.54. The second-order valence-electron chi connectivity index (χ2n) is 6.05. The minimum atomic E-state index is 0.980. The number of allylic oxidation sites excluding steroid dienone is 3. The summed E-state index contributed by atoms with van der Waals surface area (Å²) in [7, 11) is 0. The lowest BCUT2D eigenvalue weighted by Crippen LogP contribution is -2.08. The molecule has 2 aliphatic rings. The Labute approximate surface area is 129 Å². The molecule has 0 atom stereocenters. The van der Waals surface area contributed by atoms with Crippen LogP contribution in [0, 0.1) is 0 Å². The molecule has 3 aromatic rings. The van der Waals surface area contributed by atoms with Crippen molar-refractivity contribution in [1.82, 2.24) is 0 Å². The number of benzene rings is 3. The van der Waals surface area contributed by atoms with Gasteiger partial charge in [-0.1, -0.05) is 42.5 Å². The predicted octanol–water partition coefficient (Wildman–Crippen LogP) is 5.10. The molecule has 0 spiro atoms. The van der Waals surface area contributed by atoms with Crippen LogP contribution in [0.5, 0.6) is 5.75 Å². The first-order valence-corrected chi connectivity index (χ1v) is 7.88. The van der Waals surface area contributed by atoms with Crippen LogP contribution >= 0.6 is 0 Å². The van der Waals surface area contributed by atoms with Crippen molar-refractivity contribution < 1.29 is 4.74 Å². The molecule has 0 aromatic heterocycles.